The molecule has 0 radical (unpaired) electrons. The van der Waals surface area contributed by atoms with E-state index in [9.17, 15) is 4.79 Å². The first-order valence-corrected chi connectivity index (χ1v) is 8.99. The van der Waals surface area contributed by atoms with Crippen molar-refractivity contribution in [1.82, 2.24) is 15.1 Å². The zero-order chi connectivity index (χ0) is 16.5. The van der Waals surface area contributed by atoms with Crippen LogP contribution in [0.2, 0.25) is 0 Å². The van der Waals surface area contributed by atoms with E-state index in [0.29, 0.717) is 18.0 Å². The molecule has 3 heterocycles. The molecule has 1 aromatic carbocycles. The number of benzene rings is 1. The Hall–Kier alpha value is -2.15. The van der Waals surface area contributed by atoms with Crippen molar-refractivity contribution < 1.29 is 14.3 Å². The Morgan fingerprint density at radius 1 is 1.29 bits per heavy atom. The van der Waals surface area contributed by atoms with Crippen LogP contribution in [0, 0.1) is 6.92 Å². The van der Waals surface area contributed by atoms with Gasteiger partial charge in [-0.2, -0.15) is 0 Å². The molecular weight excluding hydrogens is 326 g/mol. The minimum atomic E-state index is -0.574. The van der Waals surface area contributed by atoms with Gasteiger partial charge in [-0.3, -0.25) is 4.79 Å². The van der Waals surface area contributed by atoms with Gasteiger partial charge in [-0.1, -0.05) is 12.1 Å². The highest BCUT2D eigenvalue weighted by Crippen LogP contribution is 2.33. The Morgan fingerprint density at radius 3 is 2.92 bits per heavy atom. The lowest BCUT2D eigenvalue weighted by Gasteiger charge is -2.35. The number of carbonyl (C=O) groups excluding carboxylic acids is 1. The number of hydrogen-bond acceptors (Lipinski definition) is 6. The highest BCUT2D eigenvalue weighted by atomic mass is 32.1. The number of ether oxygens (including phenoxy) is 2. The Labute approximate surface area is 144 Å². The maximum atomic E-state index is 12.8. The van der Waals surface area contributed by atoms with Crippen LogP contribution >= 0.6 is 11.3 Å². The second-order valence-corrected chi connectivity index (χ2v) is 7.36. The van der Waals surface area contributed by atoms with Gasteiger partial charge in [0.2, 0.25) is 6.10 Å². The van der Waals surface area contributed by atoms with E-state index in [-0.39, 0.29) is 18.4 Å². The summed E-state index contributed by atoms with van der Waals surface area (Å²) >= 11 is 1.62. The summed E-state index contributed by atoms with van der Waals surface area (Å²) in [4.78, 5) is 14.7. The first-order valence-electron chi connectivity index (χ1n) is 8.18. The molecule has 1 saturated heterocycles. The third-order valence-corrected chi connectivity index (χ3v) is 5.41. The maximum Gasteiger partial charge on any atom is 0.267 e. The van der Waals surface area contributed by atoms with Gasteiger partial charge in [-0.05, 0) is 31.9 Å². The molecule has 2 aromatic rings. The number of amides is 1. The molecule has 2 atom stereocenters. The Bertz CT molecular complexity index is 748. The predicted molar refractivity (Wildman–Crippen MR) is 89.6 cm³/mol. The third-order valence-electron chi connectivity index (χ3n) is 4.41. The van der Waals surface area contributed by atoms with Gasteiger partial charge >= 0.3 is 0 Å². The number of hydrogen-bond donors (Lipinski definition) is 0. The van der Waals surface area contributed by atoms with Crippen molar-refractivity contribution in [2.75, 3.05) is 19.7 Å². The molecule has 24 heavy (non-hydrogen) atoms. The van der Waals surface area contributed by atoms with Gasteiger partial charge in [-0.15, -0.1) is 21.5 Å². The molecule has 0 saturated carbocycles. The van der Waals surface area contributed by atoms with Crippen molar-refractivity contribution >= 4 is 17.2 Å². The number of piperidine rings is 1. The van der Waals surface area contributed by atoms with Gasteiger partial charge in [0.1, 0.15) is 16.6 Å². The van der Waals surface area contributed by atoms with E-state index >= 15 is 0 Å². The first-order chi connectivity index (χ1) is 11.7. The lowest BCUT2D eigenvalue weighted by molar-refractivity contribution is -0.142. The van der Waals surface area contributed by atoms with Crippen molar-refractivity contribution in [2.45, 2.75) is 31.8 Å². The molecule has 2 aliphatic rings. The van der Waals surface area contributed by atoms with Gasteiger partial charge in [0.05, 0.1) is 0 Å². The molecule has 0 bridgehead atoms. The second-order valence-electron chi connectivity index (χ2n) is 6.15. The van der Waals surface area contributed by atoms with Crippen LogP contribution in [0.1, 0.15) is 28.8 Å². The second kappa shape index (κ2) is 6.39. The van der Waals surface area contributed by atoms with E-state index in [0.717, 1.165) is 29.4 Å². The smallest absolute Gasteiger partial charge is 0.267 e. The summed E-state index contributed by atoms with van der Waals surface area (Å²) < 4.78 is 11.5. The summed E-state index contributed by atoms with van der Waals surface area (Å²) in [6.45, 7) is 3.65. The van der Waals surface area contributed by atoms with Crippen LogP contribution in [0.3, 0.4) is 0 Å². The van der Waals surface area contributed by atoms with Gasteiger partial charge in [-0.25, -0.2) is 0 Å². The number of carbonyl (C=O) groups is 1. The lowest BCUT2D eigenvalue weighted by Crippen LogP contribution is -2.49. The zero-order valence-electron chi connectivity index (χ0n) is 13.5. The van der Waals surface area contributed by atoms with Crippen molar-refractivity contribution in [3.63, 3.8) is 0 Å². The normalized spacial score (nSPS) is 23.1. The van der Waals surface area contributed by atoms with E-state index in [1.54, 1.807) is 11.3 Å². The van der Waals surface area contributed by atoms with Crippen molar-refractivity contribution in [3.8, 4) is 11.5 Å². The molecule has 7 heteroatoms. The molecular formula is C17H19N3O3S. The van der Waals surface area contributed by atoms with Crippen LogP contribution in [0.15, 0.2) is 24.3 Å². The largest absolute Gasteiger partial charge is 0.485 e. The molecule has 1 aromatic heterocycles. The van der Waals surface area contributed by atoms with Crippen molar-refractivity contribution in [1.29, 1.82) is 0 Å². The summed E-state index contributed by atoms with van der Waals surface area (Å²) in [5, 5.41) is 10.3. The Morgan fingerprint density at radius 2 is 2.12 bits per heavy atom. The number of rotatable bonds is 2. The molecule has 0 N–H and O–H groups in total. The Kier molecular flexibility index (Phi) is 4.10. The topological polar surface area (TPSA) is 64.6 Å². The molecule has 126 valence electrons. The number of likely N-dealkylation sites (tertiary alicyclic amines) is 1. The Balaban J connectivity index is 1.45. The van der Waals surface area contributed by atoms with E-state index in [4.69, 9.17) is 9.47 Å². The molecule has 0 unspecified atom stereocenters. The molecule has 0 aliphatic carbocycles. The minimum absolute atomic E-state index is 0.00422. The summed E-state index contributed by atoms with van der Waals surface area (Å²) in [5.41, 5.74) is 0. The fourth-order valence-electron chi connectivity index (χ4n) is 3.20. The van der Waals surface area contributed by atoms with Crippen LogP contribution in [-0.4, -0.2) is 46.8 Å². The number of nitrogens with zero attached hydrogens (tertiary/aromatic N) is 3. The fourth-order valence-corrected chi connectivity index (χ4v) is 4.03. The first kappa shape index (κ1) is 15.4. The van der Waals surface area contributed by atoms with Crippen molar-refractivity contribution in [2.24, 2.45) is 0 Å². The number of para-hydroxylation sites is 2. The highest BCUT2D eigenvalue weighted by molar-refractivity contribution is 7.11. The lowest BCUT2D eigenvalue weighted by atomic mass is 9.98. The molecule has 1 amide bonds. The van der Waals surface area contributed by atoms with Crippen LogP contribution < -0.4 is 9.47 Å². The number of aromatic nitrogens is 2. The van der Waals surface area contributed by atoms with Gasteiger partial charge in [0.15, 0.2) is 11.5 Å². The SMILES string of the molecule is Cc1nnc([C@H]2CCCN(C(=O)[C@H]3COc4ccccc4O3)C2)s1. The maximum absolute atomic E-state index is 12.8. The van der Waals surface area contributed by atoms with Crippen molar-refractivity contribution in [3.05, 3.63) is 34.3 Å². The van der Waals surface area contributed by atoms with E-state index < -0.39 is 6.10 Å². The average Bonchev–Trinajstić information content (AvgIpc) is 3.07. The quantitative estimate of drug-likeness (QED) is 0.836. The number of fused-ring (bicyclic) bond motifs is 1. The highest BCUT2D eigenvalue weighted by Gasteiger charge is 2.34. The molecule has 6 nitrogen and oxygen atoms in total. The molecule has 1 fully saturated rings. The van der Waals surface area contributed by atoms with Gasteiger partial charge in [0.25, 0.3) is 5.91 Å². The molecule has 0 spiro atoms. The minimum Gasteiger partial charge on any atom is -0.485 e. The third kappa shape index (κ3) is 2.96. The summed E-state index contributed by atoms with van der Waals surface area (Å²) in [6, 6.07) is 7.45. The van der Waals surface area contributed by atoms with Gasteiger partial charge in [0, 0.05) is 19.0 Å². The summed E-state index contributed by atoms with van der Waals surface area (Å²) in [6.07, 6.45) is 1.44. The average molecular weight is 345 g/mol. The monoisotopic (exact) mass is 345 g/mol. The molecule has 2 aliphatic heterocycles. The molecule has 4 rings (SSSR count). The van der Waals surface area contributed by atoms with Gasteiger partial charge < -0.3 is 14.4 Å². The summed E-state index contributed by atoms with van der Waals surface area (Å²) in [7, 11) is 0. The van der Waals surface area contributed by atoms with Crippen LogP contribution in [0.4, 0.5) is 0 Å². The van der Waals surface area contributed by atoms with Crippen LogP contribution in [0.25, 0.3) is 0 Å². The van der Waals surface area contributed by atoms with E-state index in [1.807, 2.05) is 36.1 Å². The van der Waals surface area contributed by atoms with Crippen LogP contribution in [-0.2, 0) is 4.79 Å². The zero-order valence-corrected chi connectivity index (χ0v) is 14.3. The number of aryl methyl sites for hydroxylation is 1. The predicted octanol–water partition coefficient (Wildman–Crippen LogP) is 2.39. The van der Waals surface area contributed by atoms with E-state index in [2.05, 4.69) is 10.2 Å². The van der Waals surface area contributed by atoms with Crippen LogP contribution in [0.5, 0.6) is 11.5 Å². The standard InChI is InChI=1S/C17H19N3O3S/c1-11-18-19-16(24-11)12-5-4-8-20(9-12)17(21)15-10-22-13-6-2-3-7-14(13)23-15/h2-3,6-7,12,15H,4-5,8-10H2,1H3/t12-,15+/m0/s1. The summed E-state index contributed by atoms with van der Waals surface area (Å²) in [5.74, 6) is 1.60. The van der Waals surface area contributed by atoms with E-state index in [1.165, 1.54) is 0 Å². The fraction of sp³-hybridized carbons (Fsp3) is 0.471.